The van der Waals surface area contributed by atoms with Crippen LogP contribution in [0.4, 0.5) is 0 Å². The highest BCUT2D eigenvalue weighted by Crippen LogP contribution is 2.59. The van der Waals surface area contributed by atoms with Gasteiger partial charge in [0.2, 0.25) is 7.37 Å². The van der Waals surface area contributed by atoms with Crippen LogP contribution in [0.5, 0.6) is 0 Å². The molecule has 0 saturated carbocycles. The zero-order valence-electron chi connectivity index (χ0n) is 16.5. The maximum atomic E-state index is 12.9. The smallest absolute Gasteiger partial charge is 0.320 e. The number of carboxylic acid groups (broad SMARTS) is 1. The van der Waals surface area contributed by atoms with Gasteiger partial charge < -0.3 is 20.3 Å². The summed E-state index contributed by atoms with van der Waals surface area (Å²) in [5.74, 6) is -0.292. The second-order valence-electron chi connectivity index (χ2n) is 7.52. The van der Waals surface area contributed by atoms with Crippen molar-refractivity contribution in [3.8, 4) is 11.5 Å². The molecule has 1 aliphatic rings. The molecule has 3 rings (SSSR count). The second kappa shape index (κ2) is 8.75. The number of carbonyl (C=O) groups is 1. The van der Waals surface area contributed by atoms with Crippen LogP contribution in [0.15, 0.2) is 28.8 Å². The van der Waals surface area contributed by atoms with E-state index in [-0.39, 0.29) is 19.1 Å². The average Bonchev–Trinajstić information content (AvgIpc) is 3.11. The van der Waals surface area contributed by atoms with Crippen molar-refractivity contribution in [2.75, 3.05) is 25.8 Å². The normalized spacial score (nSPS) is 25.2. The Morgan fingerprint density at radius 2 is 2.14 bits per heavy atom. The Labute approximate surface area is 169 Å². The third-order valence-electron chi connectivity index (χ3n) is 5.49. The Morgan fingerprint density at radius 1 is 1.38 bits per heavy atom. The lowest BCUT2D eigenvalue weighted by Crippen LogP contribution is -2.53. The first-order valence-electron chi connectivity index (χ1n) is 9.65. The highest BCUT2D eigenvalue weighted by molar-refractivity contribution is 7.61. The zero-order valence-corrected chi connectivity index (χ0v) is 17.3. The molecule has 0 bridgehead atoms. The minimum atomic E-state index is -3.86. The molecule has 1 aliphatic heterocycles. The summed E-state index contributed by atoms with van der Waals surface area (Å²) in [6, 6.07) is 7.53. The highest BCUT2D eigenvalue weighted by atomic mass is 31.2. The number of aromatic nitrogens is 2. The van der Waals surface area contributed by atoms with Crippen molar-refractivity contribution in [2.45, 2.75) is 37.9 Å². The minimum Gasteiger partial charge on any atom is -0.480 e. The van der Waals surface area contributed by atoms with Gasteiger partial charge in [0.05, 0.1) is 0 Å². The van der Waals surface area contributed by atoms with Gasteiger partial charge in [-0.05, 0) is 37.9 Å². The van der Waals surface area contributed by atoms with E-state index in [0.717, 1.165) is 11.1 Å². The molecule has 9 nitrogen and oxygen atoms in total. The molecule has 0 spiro atoms. The summed E-state index contributed by atoms with van der Waals surface area (Å²) in [4.78, 5) is 28.9. The Kier molecular flexibility index (Phi) is 6.53. The summed E-state index contributed by atoms with van der Waals surface area (Å²) < 4.78 is 18.2. The van der Waals surface area contributed by atoms with Gasteiger partial charge in [0.15, 0.2) is 11.0 Å². The summed E-state index contributed by atoms with van der Waals surface area (Å²) in [6.45, 7) is 2.94. The lowest BCUT2D eigenvalue weighted by molar-refractivity contribution is -0.141. The molecule has 0 radical (unpaired) electrons. The molecular formula is C19H27N4O5P. The van der Waals surface area contributed by atoms with Crippen LogP contribution in [0.2, 0.25) is 0 Å². The summed E-state index contributed by atoms with van der Waals surface area (Å²) in [5.41, 5.74) is 7.19. The van der Waals surface area contributed by atoms with Crippen LogP contribution in [0.3, 0.4) is 0 Å². The standard InChI is InChI=1S/C19H27N4O5P/c1-14-21-17(28-22-14)16-7-3-2-6-15(16)12-23-10-11-29(26,27)19(13-23,18(24)25)8-4-5-9-20/h2-3,6-7H,4-5,8-13,20H2,1H3,(H,24,25)(H,26,27). The molecule has 158 valence electrons. The van der Waals surface area contributed by atoms with E-state index in [2.05, 4.69) is 10.1 Å². The fraction of sp³-hybridized carbons (Fsp3) is 0.526. The summed E-state index contributed by atoms with van der Waals surface area (Å²) in [7, 11) is -3.86. The largest absolute Gasteiger partial charge is 0.480 e. The van der Waals surface area contributed by atoms with Crippen LogP contribution in [-0.4, -0.2) is 62.0 Å². The molecule has 0 amide bonds. The zero-order chi connectivity index (χ0) is 21.1. The molecule has 2 atom stereocenters. The van der Waals surface area contributed by atoms with Crippen molar-refractivity contribution < 1.29 is 23.9 Å². The highest BCUT2D eigenvalue weighted by Gasteiger charge is 2.56. The van der Waals surface area contributed by atoms with E-state index in [0.29, 0.717) is 44.2 Å². The number of hydrogen-bond acceptors (Lipinski definition) is 7. The van der Waals surface area contributed by atoms with Gasteiger partial charge in [0, 0.05) is 31.4 Å². The quantitative estimate of drug-likeness (QED) is 0.430. The number of aryl methyl sites for hydroxylation is 1. The Bertz CT molecular complexity index is 918. The van der Waals surface area contributed by atoms with Crippen molar-refractivity contribution >= 4 is 13.3 Å². The molecule has 1 aromatic heterocycles. The van der Waals surface area contributed by atoms with Crippen molar-refractivity contribution in [1.82, 2.24) is 15.0 Å². The number of carboxylic acids is 1. The van der Waals surface area contributed by atoms with Gasteiger partial charge in [-0.25, -0.2) is 0 Å². The Hall–Kier alpha value is -2.06. The number of nitrogens with two attached hydrogens (primary N) is 1. The molecule has 2 unspecified atom stereocenters. The van der Waals surface area contributed by atoms with Crippen LogP contribution in [0.25, 0.3) is 11.5 Å². The van der Waals surface area contributed by atoms with Gasteiger partial charge >= 0.3 is 5.97 Å². The number of unbranched alkanes of at least 4 members (excludes halogenated alkanes) is 1. The molecule has 0 aliphatic carbocycles. The summed E-state index contributed by atoms with van der Waals surface area (Å²) in [6.07, 6.45) is 1.20. The monoisotopic (exact) mass is 422 g/mol. The third-order valence-corrected chi connectivity index (χ3v) is 8.19. The fourth-order valence-corrected chi connectivity index (χ4v) is 6.05. The van der Waals surface area contributed by atoms with Gasteiger partial charge in [-0.3, -0.25) is 14.3 Å². The number of nitrogens with zero attached hydrogens (tertiary/aromatic N) is 3. The van der Waals surface area contributed by atoms with Crippen molar-refractivity contribution in [3.63, 3.8) is 0 Å². The van der Waals surface area contributed by atoms with Crippen LogP contribution in [0, 0.1) is 6.92 Å². The van der Waals surface area contributed by atoms with Crippen LogP contribution in [0.1, 0.15) is 30.7 Å². The molecule has 1 saturated heterocycles. The molecular weight excluding hydrogens is 395 g/mol. The number of rotatable bonds is 8. The fourth-order valence-electron chi connectivity index (χ4n) is 3.84. The number of aliphatic carboxylic acids is 1. The predicted octanol–water partition coefficient (Wildman–Crippen LogP) is 2.08. The first kappa shape index (κ1) is 21.6. The van der Waals surface area contributed by atoms with Crippen molar-refractivity contribution in [2.24, 2.45) is 5.73 Å². The van der Waals surface area contributed by atoms with Gasteiger partial charge in [-0.15, -0.1) is 0 Å². The minimum absolute atomic E-state index is 0.0118. The number of benzene rings is 1. The van der Waals surface area contributed by atoms with Crippen LogP contribution < -0.4 is 5.73 Å². The van der Waals surface area contributed by atoms with Crippen molar-refractivity contribution in [3.05, 3.63) is 35.7 Å². The SMILES string of the molecule is Cc1noc(-c2ccccc2CN2CCP(=O)(O)C(CCCCN)(C(=O)O)C2)n1. The molecule has 4 N–H and O–H groups in total. The van der Waals surface area contributed by atoms with Gasteiger partial charge in [-0.2, -0.15) is 4.98 Å². The van der Waals surface area contributed by atoms with Gasteiger partial charge in [0.1, 0.15) is 0 Å². The van der Waals surface area contributed by atoms with E-state index in [1.807, 2.05) is 29.2 Å². The van der Waals surface area contributed by atoms with E-state index < -0.39 is 18.5 Å². The second-order valence-corrected chi connectivity index (χ2v) is 10.2. The van der Waals surface area contributed by atoms with E-state index in [1.165, 1.54) is 0 Å². The summed E-state index contributed by atoms with van der Waals surface area (Å²) in [5, 5.41) is 12.1. The Morgan fingerprint density at radius 3 is 2.79 bits per heavy atom. The molecule has 1 aromatic carbocycles. The van der Waals surface area contributed by atoms with Gasteiger partial charge in [-0.1, -0.05) is 29.8 Å². The molecule has 29 heavy (non-hydrogen) atoms. The first-order chi connectivity index (χ1) is 13.8. The lowest BCUT2D eigenvalue weighted by Gasteiger charge is -2.43. The van der Waals surface area contributed by atoms with Crippen molar-refractivity contribution in [1.29, 1.82) is 0 Å². The number of hydrogen-bond donors (Lipinski definition) is 3. The first-order valence-corrected chi connectivity index (χ1v) is 11.5. The van der Waals surface area contributed by atoms with E-state index in [4.69, 9.17) is 10.3 Å². The summed E-state index contributed by atoms with van der Waals surface area (Å²) >= 11 is 0. The van der Waals surface area contributed by atoms with Crippen LogP contribution in [-0.2, 0) is 15.9 Å². The average molecular weight is 422 g/mol. The molecule has 1 fully saturated rings. The maximum absolute atomic E-state index is 12.9. The maximum Gasteiger partial charge on any atom is 0.320 e. The third kappa shape index (κ3) is 4.43. The topological polar surface area (TPSA) is 143 Å². The van der Waals surface area contributed by atoms with E-state index in [9.17, 15) is 19.4 Å². The lowest BCUT2D eigenvalue weighted by atomic mass is 9.98. The molecule has 10 heteroatoms. The van der Waals surface area contributed by atoms with Crippen LogP contribution >= 0.6 is 7.37 Å². The molecule has 2 heterocycles. The van der Waals surface area contributed by atoms with E-state index in [1.54, 1.807) is 6.92 Å². The van der Waals surface area contributed by atoms with E-state index >= 15 is 0 Å². The van der Waals surface area contributed by atoms with Gasteiger partial charge in [0.25, 0.3) is 5.89 Å². The predicted molar refractivity (Wildman–Crippen MR) is 108 cm³/mol. The molecule has 2 aromatic rings. The Balaban J connectivity index is 1.86.